The molecular weight excluding hydrogens is 608 g/mol. The van der Waals surface area contributed by atoms with Crippen molar-refractivity contribution in [1.82, 2.24) is 20.2 Å². The standard InChI is InChI=1S/C26H27Cl2F3N4O5S/c1-3-41(39,40)21-7-6-15(27)9-14(21)12-35-24(37)17-10-18(26(29,30)31)16(22(28)23(17)34-25(35)38)11-20(33-13(2)36)19-5-4-8-32-19/h6-7,9-10,19-20,32H,3-5,8,11-12H2,1-2H3,(H,33,36)(H,34,38)/t19?,20-/m0/s1. The molecule has 4 rings (SSSR count). The zero-order chi connectivity index (χ0) is 30.3. The van der Waals surface area contributed by atoms with Crippen LogP contribution in [0.4, 0.5) is 13.2 Å². The molecule has 2 aromatic carbocycles. The largest absolute Gasteiger partial charge is 0.416 e. The molecule has 0 spiro atoms. The molecule has 41 heavy (non-hydrogen) atoms. The molecule has 222 valence electrons. The van der Waals surface area contributed by atoms with Gasteiger partial charge in [0.05, 0.1) is 38.7 Å². The van der Waals surface area contributed by atoms with Crippen LogP contribution in [0.1, 0.15) is 43.4 Å². The first-order chi connectivity index (χ1) is 19.1. The topological polar surface area (TPSA) is 130 Å². The molecule has 0 saturated carbocycles. The highest BCUT2D eigenvalue weighted by molar-refractivity contribution is 7.91. The number of carbonyl (C=O) groups excluding carboxylic acids is 1. The molecule has 15 heteroatoms. The molecule has 0 aliphatic carbocycles. The van der Waals surface area contributed by atoms with Crippen molar-refractivity contribution >= 4 is 49.8 Å². The molecule has 2 heterocycles. The number of aromatic amines is 1. The fourth-order valence-electron chi connectivity index (χ4n) is 5.12. The van der Waals surface area contributed by atoms with Crippen LogP contribution >= 0.6 is 23.2 Å². The summed E-state index contributed by atoms with van der Waals surface area (Å²) >= 11 is 12.5. The maximum atomic E-state index is 14.3. The highest BCUT2D eigenvalue weighted by Crippen LogP contribution is 2.39. The molecule has 0 radical (unpaired) electrons. The third kappa shape index (κ3) is 6.47. The van der Waals surface area contributed by atoms with Crippen molar-refractivity contribution in [2.45, 2.75) is 62.8 Å². The van der Waals surface area contributed by atoms with Crippen LogP contribution in [0.15, 0.2) is 38.8 Å². The first kappa shape index (κ1) is 31.1. The lowest BCUT2D eigenvalue weighted by Gasteiger charge is -2.27. The van der Waals surface area contributed by atoms with Gasteiger partial charge in [0.25, 0.3) is 5.56 Å². The number of sulfone groups is 1. The van der Waals surface area contributed by atoms with Crippen LogP contribution in [-0.2, 0) is 33.8 Å². The number of benzene rings is 2. The second-order valence-corrected chi connectivity index (χ2v) is 12.9. The molecule has 3 aromatic rings. The number of nitrogens with one attached hydrogen (secondary N) is 3. The van der Waals surface area contributed by atoms with Gasteiger partial charge in [-0.25, -0.2) is 13.2 Å². The number of rotatable bonds is 8. The molecule has 1 aliphatic heterocycles. The van der Waals surface area contributed by atoms with Crippen molar-refractivity contribution in [2.24, 2.45) is 0 Å². The second-order valence-electron chi connectivity index (χ2n) is 9.83. The molecule has 3 N–H and O–H groups in total. The lowest BCUT2D eigenvalue weighted by atomic mass is 9.93. The van der Waals surface area contributed by atoms with Crippen molar-refractivity contribution in [1.29, 1.82) is 0 Å². The first-order valence-corrected chi connectivity index (χ1v) is 15.1. The van der Waals surface area contributed by atoms with Gasteiger partial charge in [-0.1, -0.05) is 30.1 Å². The van der Waals surface area contributed by atoms with E-state index in [1.54, 1.807) is 0 Å². The third-order valence-electron chi connectivity index (χ3n) is 7.09. The Kier molecular flexibility index (Phi) is 8.93. The van der Waals surface area contributed by atoms with Crippen molar-refractivity contribution in [3.63, 3.8) is 0 Å². The van der Waals surface area contributed by atoms with Gasteiger partial charge in [-0.15, -0.1) is 0 Å². The van der Waals surface area contributed by atoms with Crippen LogP contribution in [0.25, 0.3) is 10.9 Å². The number of hydrogen-bond donors (Lipinski definition) is 3. The SMILES string of the molecule is CCS(=O)(=O)c1ccc(Cl)cc1Cn1c(=O)[nH]c2c(Cl)c(C[C@H](NC(C)=O)C3CCCN3)c(C(F)(F)F)cc2c1=O. The Labute approximate surface area is 243 Å². The molecule has 1 unspecified atom stereocenters. The van der Waals surface area contributed by atoms with E-state index >= 15 is 0 Å². The van der Waals surface area contributed by atoms with Crippen molar-refractivity contribution in [2.75, 3.05) is 12.3 Å². The minimum absolute atomic E-state index is 0.0206. The van der Waals surface area contributed by atoms with E-state index in [4.69, 9.17) is 23.2 Å². The summed E-state index contributed by atoms with van der Waals surface area (Å²) in [6.45, 7) is 2.74. The fraction of sp³-hybridized carbons (Fsp3) is 0.423. The summed E-state index contributed by atoms with van der Waals surface area (Å²) in [5, 5.41) is 5.01. The second kappa shape index (κ2) is 11.8. The number of halogens is 5. The highest BCUT2D eigenvalue weighted by Gasteiger charge is 2.38. The van der Waals surface area contributed by atoms with Crippen LogP contribution in [0.2, 0.25) is 10.0 Å². The van der Waals surface area contributed by atoms with Crippen LogP contribution in [0.3, 0.4) is 0 Å². The Bertz CT molecular complexity index is 1730. The maximum absolute atomic E-state index is 14.3. The van der Waals surface area contributed by atoms with Gasteiger partial charge in [0.2, 0.25) is 5.91 Å². The van der Waals surface area contributed by atoms with E-state index in [1.165, 1.54) is 32.0 Å². The van der Waals surface area contributed by atoms with Gasteiger partial charge in [-0.3, -0.25) is 14.2 Å². The van der Waals surface area contributed by atoms with Gasteiger partial charge in [0.1, 0.15) is 0 Å². The van der Waals surface area contributed by atoms with Crippen LogP contribution < -0.4 is 21.9 Å². The Hall–Kier alpha value is -2.87. The predicted molar refractivity (Wildman–Crippen MR) is 149 cm³/mol. The summed E-state index contributed by atoms with van der Waals surface area (Å²) in [4.78, 5) is 40.6. The minimum atomic E-state index is -4.93. The number of aromatic nitrogens is 2. The van der Waals surface area contributed by atoms with Crippen molar-refractivity contribution in [3.05, 3.63) is 71.8 Å². The number of nitrogens with zero attached hydrogens (tertiary/aromatic N) is 1. The number of H-pyrrole nitrogens is 1. The van der Waals surface area contributed by atoms with E-state index in [2.05, 4.69) is 15.6 Å². The zero-order valence-corrected chi connectivity index (χ0v) is 24.3. The van der Waals surface area contributed by atoms with Crippen LogP contribution in [0.5, 0.6) is 0 Å². The van der Waals surface area contributed by atoms with E-state index in [9.17, 15) is 36.0 Å². The smallest absolute Gasteiger partial charge is 0.352 e. The highest BCUT2D eigenvalue weighted by atomic mass is 35.5. The summed E-state index contributed by atoms with van der Waals surface area (Å²) in [7, 11) is -3.79. The molecule has 1 aromatic heterocycles. The molecule has 2 atom stereocenters. The van der Waals surface area contributed by atoms with E-state index in [1.807, 2.05) is 0 Å². The first-order valence-electron chi connectivity index (χ1n) is 12.7. The summed E-state index contributed by atoms with van der Waals surface area (Å²) in [5.41, 5.74) is -3.94. The molecule has 0 bridgehead atoms. The molecule has 1 fully saturated rings. The lowest BCUT2D eigenvalue weighted by molar-refractivity contribution is -0.138. The van der Waals surface area contributed by atoms with Crippen LogP contribution in [-0.4, -0.2) is 48.3 Å². The monoisotopic (exact) mass is 634 g/mol. The average molecular weight is 635 g/mol. The number of hydrogen-bond acceptors (Lipinski definition) is 6. The van der Waals surface area contributed by atoms with E-state index in [0.717, 1.165) is 6.42 Å². The van der Waals surface area contributed by atoms with E-state index in [0.29, 0.717) is 23.6 Å². The summed E-state index contributed by atoms with van der Waals surface area (Å²) < 4.78 is 68.9. The molecular formula is C26H27Cl2F3N4O5S. The molecule has 1 saturated heterocycles. The van der Waals surface area contributed by atoms with Crippen LogP contribution in [0, 0.1) is 0 Å². The quantitative estimate of drug-likeness (QED) is 0.347. The molecule has 1 aliphatic rings. The minimum Gasteiger partial charge on any atom is -0.352 e. The molecule has 9 nitrogen and oxygen atoms in total. The normalized spacial score (nSPS) is 16.7. The fourth-order valence-corrected chi connectivity index (χ4v) is 6.75. The Morgan fingerprint density at radius 3 is 2.51 bits per heavy atom. The summed E-state index contributed by atoms with van der Waals surface area (Å²) in [6, 6.07) is 3.45. The average Bonchev–Trinajstić information content (AvgIpc) is 3.42. The Balaban J connectivity index is 1.90. The van der Waals surface area contributed by atoms with Gasteiger partial charge in [0.15, 0.2) is 9.84 Å². The number of carbonyl (C=O) groups is 1. The van der Waals surface area contributed by atoms with Gasteiger partial charge >= 0.3 is 11.9 Å². The van der Waals surface area contributed by atoms with Crippen molar-refractivity contribution < 1.29 is 26.4 Å². The van der Waals surface area contributed by atoms with Crippen molar-refractivity contribution in [3.8, 4) is 0 Å². The van der Waals surface area contributed by atoms with E-state index in [-0.39, 0.29) is 44.8 Å². The number of alkyl halides is 3. The Morgan fingerprint density at radius 2 is 1.93 bits per heavy atom. The zero-order valence-electron chi connectivity index (χ0n) is 22.0. The van der Waals surface area contributed by atoms with Gasteiger partial charge < -0.3 is 15.6 Å². The number of fused-ring (bicyclic) bond motifs is 1. The van der Waals surface area contributed by atoms with E-state index < -0.39 is 61.7 Å². The van der Waals surface area contributed by atoms with Gasteiger partial charge in [-0.2, -0.15) is 13.2 Å². The predicted octanol–water partition coefficient (Wildman–Crippen LogP) is 3.66. The third-order valence-corrected chi connectivity index (χ3v) is 9.57. The summed E-state index contributed by atoms with van der Waals surface area (Å²) in [5.74, 6) is -0.704. The summed E-state index contributed by atoms with van der Waals surface area (Å²) in [6.07, 6.45) is -3.84. The van der Waals surface area contributed by atoms with Gasteiger partial charge in [-0.05, 0) is 61.2 Å². The Morgan fingerprint density at radius 1 is 1.22 bits per heavy atom. The maximum Gasteiger partial charge on any atom is 0.416 e. The number of amides is 1. The molecule has 1 amide bonds. The lowest BCUT2D eigenvalue weighted by Crippen LogP contribution is -2.48. The van der Waals surface area contributed by atoms with Gasteiger partial charge in [0, 0.05) is 24.0 Å².